The third-order valence-electron chi connectivity index (χ3n) is 2.34. The number of carbonyl (C=O) groups excluding carboxylic acids is 1. The zero-order valence-electron chi connectivity index (χ0n) is 8.58. The predicted octanol–water partition coefficient (Wildman–Crippen LogP) is 1.81. The minimum atomic E-state index is -0.181. The quantitative estimate of drug-likeness (QED) is 0.674. The lowest BCUT2D eigenvalue weighted by molar-refractivity contribution is 0.102. The van der Waals surface area contributed by atoms with Crippen molar-refractivity contribution in [3.63, 3.8) is 0 Å². The molecule has 0 atom stereocenters. The average molecular weight is 281 g/mol. The van der Waals surface area contributed by atoms with Crippen LogP contribution in [0.5, 0.6) is 0 Å². The summed E-state index contributed by atoms with van der Waals surface area (Å²) in [7, 11) is 0. The first-order chi connectivity index (χ1) is 7.63. The van der Waals surface area contributed by atoms with Gasteiger partial charge in [0.05, 0.1) is 10.8 Å². The normalized spacial score (nSPS) is 10.6. The van der Waals surface area contributed by atoms with Crippen molar-refractivity contribution >= 4 is 32.6 Å². The van der Waals surface area contributed by atoms with Crippen LogP contribution in [0.2, 0.25) is 0 Å². The van der Waals surface area contributed by atoms with Crippen LogP contribution >= 0.6 is 15.9 Å². The molecule has 2 rings (SSSR count). The molecule has 1 N–H and O–H groups in total. The van der Waals surface area contributed by atoms with Gasteiger partial charge in [0, 0.05) is 17.6 Å². The standard InChI is InChI=1S/C11H9BrN2O2/c1-6-5-13-11(8(15)4-12)7-2-3-9(16)14-10(6)7/h2-3,5H,4H2,1H3,(H,14,16). The number of aromatic amines is 1. The molecular formula is C11H9BrN2O2. The Hall–Kier alpha value is -1.49. The van der Waals surface area contributed by atoms with Gasteiger partial charge in [-0.1, -0.05) is 15.9 Å². The molecule has 0 aliphatic rings. The third-order valence-corrected chi connectivity index (χ3v) is 2.85. The van der Waals surface area contributed by atoms with Gasteiger partial charge < -0.3 is 4.98 Å². The Balaban J connectivity index is 2.84. The van der Waals surface area contributed by atoms with Gasteiger partial charge in [-0.25, -0.2) is 0 Å². The second kappa shape index (κ2) is 4.17. The molecule has 0 radical (unpaired) electrons. The molecule has 0 bridgehead atoms. The van der Waals surface area contributed by atoms with E-state index in [1.807, 2.05) is 6.92 Å². The first-order valence-electron chi connectivity index (χ1n) is 4.71. The van der Waals surface area contributed by atoms with Gasteiger partial charge in [0.1, 0.15) is 5.69 Å². The lowest BCUT2D eigenvalue weighted by atomic mass is 10.1. The van der Waals surface area contributed by atoms with E-state index in [1.54, 1.807) is 12.3 Å². The number of nitrogens with zero attached hydrogens (tertiary/aromatic N) is 1. The fourth-order valence-electron chi connectivity index (χ4n) is 1.56. The number of hydrogen-bond acceptors (Lipinski definition) is 3. The van der Waals surface area contributed by atoms with Gasteiger partial charge >= 0.3 is 0 Å². The number of aromatic nitrogens is 2. The van der Waals surface area contributed by atoms with Gasteiger partial charge in [-0.2, -0.15) is 0 Å². The molecule has 0 aliphatic carbocycles. The lowest BCUT2D eigenvalue weighted by Gasteiger charge is -2.05. The summed E-state index contributed by atoms with van der Waals surface area (Å²) in [5.74, 6) is -0.1000. The van der Waals surface area contributed by atoms with Crippen molar-refractivity contribution in [3.05, 3.63) is 39.9 Å². The Kier molecular flexibility index (Phi) is 2.87. The first kappa shape index (κ1) is 11.0. The van der Waals surface area contributed by atoms with E-state index >= 15 is 0 Å². The van der Waals surface area contributed by atoms with Crippen molar-refractivity contribution in [1.82, 2.24) is 9.97 Å². The summed E-state index contributed by atoms with van der Waals surface area (Å²) in [6, 6.07) is 3.03. The third kappa shape index (κ3) is 1.78. The Morgan fingerprint density at radius 1 is 1.50 bits per heavy atom. The van der Waals surface area contributed by atoms with Crippen LogP contribution in [0.25, 0.3) is 10.9 Å². The summed E-state index contributed by atoms with van der Waals surface area (Å²) in [4.78, 5) is 29.7. The number of halogens is 1. The molecule has 2 aromatic rings. The van der Waals surface area contributed by atoms with Crippen LogP contribution in [0, 0.1) is 6.92 Å². The summed E-state index contributed by atoms with van der Waals surface area (Å²) >= 11 is 3.11. The molecule has 0 saturated carbocycles. The second-order valence-corrected chi connectivity index (χ2v) is 4.02. The molecule has 0 fully saturated rings. The van der Waals surface area contributed by atoms with Crippen molar-refractivity contribution in [3.8, 4) is 0 Å². The zero-order chi connectivity index (χ0) is 11.7. The van der Waals surface area contributed by atoms with Gasteiger partial charge in [-0.3, -0.25) is 14.6 Å². The van der Waals surface area contributed by atoms with Gasteiger partial charge in [-0.05, 0) is 18.6 Å². The van der Waals surface area contributed by atoms with Crippen molar-refractivity contribution < 1.29 is 4.79 Å². The molecule has 0 aliphatic heterocycles. The van der Waals surface area contributed by atoms with Crippen molar-refractivity contribution in [2.24, 2.45) is 0 Å². The maximum atomic E-state index is 11.6. The Morgan fingerprint density at radius 3 is 2.94 bits per heavy atom. The fourth-order valence-corrected chi connectivity index (χ4v) is 1.83. The topological polar surface area (TPSA) is 62.8 Å². The minimum absolute atomic E-state index is 0.1000. The molecule has 5 heteroatoms. The first-order valence-corrected chi connectivity index (χ1v) is 5.83. The number of nitrogens with one attached hydrogen (secondary N) is 1. The highest BCUT2D eigenvalue weighted by Crippen LogP contribution is 2.17. The highest BCUT2D eigenvalue weighted by atomic mass is 79.9. The highest BCUT2D eigenvalue weighted by Gasteiger charge is 2.12. The molecule has 0 aromatic carbocycles. The fraction of sp³-hybridized carbons (Fsp3) is 0.182. The molecule has 2 aromatic heterocycles. The zero-order valence-corrected chi connectivity index (χ0v) is 10.2. The summed E-state index contributed by atoms with van der Waals surface area (Å²) in [6.07, 6.45) is 1.59. The predicted molar refractivity (Wildman–Crippen MR) is 65.2 cm³/mol. The summed E-state index contributed by atoms with van der Waals surface area (Å²) in [5.41, 5.74) is 1.72. The van der Waals surface area contributed by atoms with Crippen molar-refractivity contribution in [2.75, 3.05) is 5.33 Å². The monoisotopic (exact) mass is 280 g/mol. The number of hydrogen-bond donors (Lipinski definition) is 1. The number of H-pyrrole nitrogens is 1. The molecular weight excluding hydrogens is 272 g/mol. The number of fused-ring (bicyclic) bond motifs is 1. The highest BCUT2D eigenvalue weighted by molar-refractivity contribution is 9.09. The molecule has 16 heavy (non-hydrogen) atoms. The molecule has 0 saturated heterocycles. The van der Waals surface area contributed by atoms with Gasteiger partial charge in [-0.15, -0.1) is 0 Å². The number of rotatable bonds is 2. The Labute approximate surface area is 99.8 Å². The van der Waals surface area contributed by atoms with E-state index in [0.717, 1.165) is 5.56 Å². The number of Topliss-reactive ketones (excluding diaryl/α,β-unsaturated/α-hetero) is 1. The summed E-state index contributed by atoms with van der Waals surface area (Å²) in [6.45, 7) is 1.84. The molecule has 0 amide bonds. The molecule has 0 unspecified atom stereocenters. The van der Waals surface area contributed by atoms with Gasteiger partial charge in [0.2, 0.25) is 5.56 Å². The van der Waals surface area contributed by atoms with E-state index < -0.39 is 0 Å². The summed E-state index contributed by atoms with van der Waals surface area (Å²) in [5, 5.41) is 0.904. The van der Waals surface area contributed by atoms with Crippen LogP contribution in [0.4, 0.5) is 0 Å². The number of pyridine rings is 2. The molecule has 0 spiro atoms. The van der Waals surface area contributed by atoms with Gasteiger partial charge in [0.25, 0.3) is 0 Å². The van der Waals surface area contributed by atoms with E-state index in [9.17, 15) is 9.59 Å². The summed E-state index contributed by atoms with van der Waals surface area (Å²) < 4.78 is 0. The van der Waals surface area contributed by atoms with Crippen LogP contribution in [-0.4, -0.2) is 21.1 Å². The maximum absolute atomic E-state index is 11.6. The average Bonchev–Trinajstić information content (AvgIpc) is 2.29. The van der Waals surface area contributed by atoms with E-state index in [4.69, 9.17) is 0 Å². The smallest absolute Gasteiger partial charge is 0.248 e. The van der Waals surface area contributed by atoms with Crippen molar-refractivity contribution in [2.45, 2.75) is 6.92 Å². The number of carbonyl (C=O) groups is 1. The van der Waals surface area contributed by atoms with Crippen LogP contribution in [0.15, 0.2) is 23.1 Å². The Morgan fingerprint density at radius 2 is 2.25 bits per heavy atom. The van der Waals surface area contributed by atoms with E-state index in [0.29, 0.717) is 16.6 Å². The second-order valence-electron chi connectivity index (χ2n) is 3.46. The van der Waals surface area contributed by atoms with E-state index in [-0.39, 0.29) is 16.7 Å². The largest absolute Gasteiger partial charge is 0.322 e. The van der Waals surface area contributed by atoms with Crippen LogP contribution < -0.4 is 5.56 Å². The van der Waals surface area contributed by atoms with Gasteiger partial charge in [0.15, 0.2) is 5.78 Å². The number of ketones is 1. The molecule has 82 valence electrons. The molecule has 2 heterocycles. The van der Waals surface area contributed by atoms with Crippen LogP contribution in [-0.2, 0) is 0 Å². The number of aryl methyl sites for hydroxylation is 1. The van der Waals surface area contributed by atoms with E-state index in [2.05, 4.69) is 25.9 Å². The van der Waals surface area contributed by atoms with Crippen LogP contribution in [0.1, 0.15) is 16.1 Å². The van der Waals surface area contributed by atoms with Crippen LogP contribution in [0.3, 0.4) is 0 Å². The lowest BCUT2D eigenvalue weighted by Crippen LogP contribution is -2.09. The SMILES string of the molecule is Cc1cnc(C(=O)CBr)c2ccc(=O)[nH]c12. The van der Waals surface area contributed by atoms with Crippen molar-refractivity contribution in [1.29, 1.82) is 0 Å². The van der Waals surface area contributed by atoms with E-state index in [1.165, 1.54) is 6.07 Å². The Bertz CT molecular complexity index is 619. The number of alkyl halides is 1. The molecule has 4 nitrogen and oxygen atoms in total. The maximum Gasteiger partial charge on any atom is 0.248 e. The minimum Gasteiger partial charge on any atom is -0.322 e.